The van der Waals surface area contributed by atoms with E-state index in [2.05, 4.69) is 32.7 Å². The summed E-state index contributed by atoms with van der Waals surface area (Å²) in [5.74, 6) is -0.0911. The predicted molar refractivity (Wildman–Crippen MR) is 109 cm³/mol. The first-order valence-corrected chi connectivity index (χ1v) is 9.01. The number of rotatable bonds is 6. The van der Waals surface area contributed by atoms with E-state index in [1.165, 1.54) is 23.1 Å². The number of carbonyl (C=O) groups excluding carboxylic acids is 1. The van der Waals surface area contributed by atoms with Crippen molar-refractivity contribution in [3.05, 3.63) is 90.0 Å². The minimum atomic E-state index is -0.396. The van der Waals surface area contributed by atoms with E-state index in [1.54, 1.807) is 30.5 Å². The summed E-state index contributed by atoms with van der Waals surface area (Å²) >= 11 is 0. The van der Waals surface area contributed by atoms with Gasteiger partial charge in [-0.25, -0.2) is 9.37 Å². The average Bonchev–Trinajstić information content (AvgIpc) is 3.11. The van der Waals surface area contributed by atoms with Crippen LogP contribution in [-0.4, -0.2) is 22.4 Å². The Morgan fingerprint density at radius 3 is 2.86 bits per heavy atom. The summed E-state index contributed by atoms with van der Waals surface area (Å²) in [5, 5.41) is 7.15. The second-order valence-electron chi connectivity index (χ2n) is 6.43. The molecule has 0 aliphatic rings. The number of pyridine rings is 1. The second-order valence-corrected chi connectivity index (χ2v) is 6.43. The normalized spacial score (nSPS) is 10.8. The van der Waals surface area contributed by atoms with Crippen molar-refractivity contribution in [3.8, 4) is 0 Å². The molecule has 0 saturated heterocycles. The van der Waals surface area contributed by atoms with Gasteiger partial charge in [-0.3, -0.25) is 4.79 Å². The first kappa shape index (κ1) is 17.7. The summed E-state index contributed by atoms with van der Waals surface area (Å²) in [6.45, 7) is 0.684. The molecule has 0 fully saturated rings. The van der Waals surface area contributed by atoms with Gasteiger partial charge >= 0.3 is 0 Å². The zero-order chi connectivity index (χ0) is 19.3. The lowest BCUT2D eigenvalue weighted by Crippen LogP contribution is -2.13. The molecule has 4 rings (SSSR count). The van der Waals surface area contributed by atoms with Gasteiger partial charge in [-0.1, -0.05) is 24.3 Å². The highest BCUT2D eigenvalue weighted by Gasteiger charge is 2.08. The number of nitrogens with one attached hydrogen (secondary N) is 3. The molecule has 2 aromatic carbocycles. The van der Waals surface area contributed by atoms with Gasteiger partial charge < -0.3 is 15.6 Å². The zero-order valence-electron chi connectivity index (χ0n) is 15.1. The van der Waals surface area contributed by atoms with E-state index in [0.29, 0.717) is 23.6 Å². The summed E-state index contributed by atoms with van der Waals surface area (Å²) in [6, 6.07) is 17.3. The Bertz CT molecular complexity index is 1120. The highest BCUT2D eigenvalue weighted by Crippen LogP contribution is 2.18. The van der Waals surface area contributed by atoms with Crippen molar-refractivity contribution in [2.75, 3.05) is 17.2 Å². The Kier molecular flexibility index (Phi) is 5.01. The molecule has 2 aromatic heterocycles. The Morgan fingerprint density at radius 1 is 1.07 bits per heavy atom. The maximum atomic E-state index is 13.3. The van der Waals surface area contributed by atoms with Crippen LogP contribution in [0.25, 0.3) is 10.9 Å². The lowest BCUT2D eigenvalue weighted by Gasteiger charge is -2.08. The largest absolute Gasteiger partial charge is 0.370 e. The number of hydrogen-bond donors (Lipinski definition) is 3. The smallest absolute Gasteiger partial charge is 0.255 e. The van der Waals surface area contributed by atoms with Gasteiger partial charge in [0.25, 0.3) is 5.91 Å². The third-order valence-electron chi connectivity index (χ3n) is 4.48. The summed E-state index contributed by atoms with van der Waals surface area (Å²) in [5.41, 5.74) is 3.21. The molecule has 0 aliphatic carbocycles. The van der Waals surface area contributed by atoms with Crippen LogP contribution in [0.1, 0.15) is 15.9 Å². The molecule has 0 aliphatic heterocycles. The number of H-pyrrole nitrogens is 1. The van der Waals surface area contributed by atoms with Crippen molar-refractivity contribution in [1.29, 1.82) is 0 Å². The molecule has 1 amide bonds. The van der Waals surface area contributed by atoms with E-state index in [0.717, 1.165) is 11.9 Å². The third kappa shape index (κ3) is 4.01. The Morgan fingerprint density at radius 2 is 1.96 bits per heavy atom. The Hall–Kier alpha value is -3.67. The zero-order valence-corrected chi connectivity index (χ0v) is 15.1. The second kappa shape index (κ2) is 7.92. The molecular formula is C22H19FN4O. The predicted octanol–water partition coefficient (Wildman–Crippen LogP) is 4.61. The molecule has 0 radical (unpaired) electrons. The van der Waals surface area contributed by atoms with E-state index in [1.807, 2.05) is 18.3 Å². The monoisotopic (exact) mass is 374 g/mol. The summed E-state index contributed by atoms with van der Waals surface area (Å²) in [7, 11) is 0. The summed E-state index contributed by atoms with van der Waals surface area (Å²) < 4.78 is 13.3. The fourth-order valence-corrected chi connectivity index (χ4v) is 3.10. The fourth-order valence-electron chi connectivity index (χ4n) is 3.10. The molecule has 6 heteroatoms. The van der Waals surface area contributed by atoms with Gasteiger partial charge in [0.05, 0.1) is 0 Å². The molecule has 0 saturated carbocycles. The molecule has 28 heavy (non-hydrogen) atoms. The van der Waals surface area contributed by atoms with Gasteiger partial charge in [0.15, 0.2) is 0 Å². The van der Waals surface area contributed by atoms with Gasteiger partial charge in [-0.05, 0) is 48.4 Å². The topological polar surface area (TPSA) is 69.8 Å². The van der Waals surface area contributed by atoms with Crippen molar-refractivity contribution in [2.45, 2.75) is 6.42 Å². The van der Waals surface area contributed by atoms with E-state index in [9.17, 15) is 9.18 Å². The molecule has 140 valence electrons. The quantitative estimate of drug-likeness (QED) is 0.462. The van der Waals surface area contributed by atoms with Crippen molar-refractivity contribution >= 4 is 28.3 Å². The first-order valence-electron chi connectivity index (χ1n) is 9.01. The van der Waals surface area contributed by atoms with Crippen LogP contribution >= 0.6 is 0 Å². The van der Waals surface area contributed by atoms with Crippen molar-refractivity contribution in [1.82, 2.24) is 9.97 Å². The van der Waals surface area contributed by atoms with Crippen molar-refractivity contribution < 1.29 is 9.18 Å². The van der Waals surface area contributed by atoms with Gasteiger partial charge in [0, 0.05) is 41.1 Å². The van der Waals surface area contributed by atoms with Crippen molar-refractivity contribution in [3.63, 3.8) is 0 Å². The number of carbonyl (C=O) groups is 1. The van der Waals surface area contributed by atoms with Crippen LogP contribution in [0.15, 0.2) is 73.1 Å². The number of halogens is 1. The van der Waals surface area contributed by atoms with Gasteiger partial charge in [-0.2, -0.15) is 0 Å². The van der Waals surface area contributed by atoms with Crippen LogP contribution in [-0.2, 0) is 6.42 Å². The Labute approximate surface area is 161 Å². The molecule has 5 nitrogen and oxygen atoms in total. The van der Waals surface area contributed by atoms with E-state index in [-0.39, 0.29) is 5.91 Å². The molecule has 2 heterocycles. The molecule has 0 spiro atoms. The van der Waals surface area contributed by atoms with Crippen LogP contribution in [0.4, 0.5) is 15.9 Å². The van der Waals surface area contributed by atoms with Crippen LogP contribution < -0.4 is 10.6 Å². The summed E-state index contributed by atoms with van der Waals surface area (Å²) in [6.07, 6.45) is 4.42. The standard InChI is InChI=1S/C22H19FN4O/c23-17-4-3-5-18(13-17)27-22(28)15-8-10-24-21(12-15)25-11-9-16-14-26-20-7-2-1-6-19(16)20/h1-8,10,12-14,26H,9,11H2,(H,24,25)(H,27,28). The van der Waals surface area contributed by atoms with E-state index < -0.39 is 5.82 Å². The lowest BCUT2D eigenvalue weighted by molar-refractivity contribution is 0.102. The minimum Gasteiger partial charge on any atom is -0.370 e. The third-order valence-corrected chi connectivity index (χ3v) is 4.48. The number of aromatic amines is 1. The van der Waals surface area contributed by atoms with Crippen LogP contribution in [0.2, 0.25) is 0 Å². The van der Waals surface area contributed by atoms with Gasteiger partial charge in [0.2, 0.25) is 0 Å². The van der Waals surface area contributed by atoms with Crippen LogP contribution in [0.3, 0.4) is 0 Å². The molecule has 0 atom stereocenters. The number of hydrogen-bond acceptors (Lipinski definition) is 3. The number of fused-ring (bicyclic) bond motifs is 1. The van der Waals surface area contributed by atoms with Gasteiger partial charge in [-0.15, -0.1) is 0 Å². The number of amides is 1. The molecule has 0 bridgehead atoms. The van der Waals surface area contributed by atoms with Crippen LogP contribution in [0, 0.1) is 5.82 Å². The van der Waals surface area contributed by atoms with E-state index >= 15 is 0 Å². The van der Waals surface area contributed by atoms with Gasteiger partial charge in [0.1, 0.15) is 11.6 Å². The number of benzene rings is 2. The molecule has 0 unspecified atom stereocenters. The number of anilines is 2. The minimum absolute atomic E-state index is 0.312. The fraction of sp³-hybridized carbons (Fsp3) is 0.0909. The number of para-hydroxylation sites is 1. The number of aromatic nitrogens is 2. The average molecular weight is 374 g/mol. The maximum absolute atomic E-state index is 13.3. The highest BCUT2D eigenvalue weighted by molar-refractivity contribution is 6.04. The summed E-state index contributed by atoms with van der Waals surface area (Å²) in [4.78, 5) is 19.9. The molecule has 4 aromatic rings. The van der Waals surface area contributed by atoms with E-state index in [4.69, 9.17) is 0 Å². The maximum Gasteiger partial charge on any atom is 0.255 e. The molecule has 3 N–H and O–H groups in total. The SMILES string of the molecule is O=C(Nc1cccc(F)c1)c1ccnc(NCCc2c[nH]c3ccccc23)c1. The van der Waals surface area contributed by atoms with Crippen LogP contribution in [0.5, 0.6) is 0 Å². The Balaban J connectivity index is 1.39. The molecular weight excluding hydrogens is 355 g/mol. The highest BCUT2D eigenvalue weighted by atomic mass is 19.1. The number of nitrogens with zero attached hydrogens (tertiary/aromatic N) is 1. The first-order chi connectivity index (χ1) is 13.7. The van der Waals surface area contributed by atoms with Crippen molar-refractivity contribution in [2.24, 2.45) is 0 Å². The lowest BCUT2D eigenvalue weighted by atomic mass is 10.1.